The molecule has 16 heavy (non-hydrogen) atoms. The van der Waals surface area contributed by atoms with E-state index >= 15 is 0 Å². The third-order valence-electron chi connectivity index (χ3n) is 3.10. The van der Waals surface area contributed by atoms with E-state index in [-0.39, 0.29) is 0 Å². The van der Waals surface area contributed by atoms with Crippen molar-refractivity contribution in [1.82, 2.24) is 0 Å². The van der Waals surface area contributed by atoms with Crippen molar-refractivity contribution in [3.05, 3.63) is 35.4 Å². The predicted octanol–water partition coefficient (Wildman–Crippen LogP) is 3.69. The fourth-order valence-electron chi connectivity index (χ4n) is 2.03. The molecule has 0 aromatic heterocycles. The molecular weight excluding hydrogens is 198 g/mol. The van der Waals surface area contributed by atoms with Crippen molar-refractivity contribution >= 4 is 6.21 Å². The molecule has 0 amide bonds. The normalized spacial score (nSPS) is 17.1. The Bertz CT molecular complexity index is 336. The van der Waals surface area contributed by atoms with E-state index in [1.54, 1.807) is 0 Å². The summed E-state index contributed by atoms with van der Waals surface area (Å²) in [6, 6.07) is 8.36. The second-order valence-electron chi connectivity index (χ2n) is 4.56. The molecule has 2 heteroatoms. The smallest absolute Gasteiger partial charge is 0.142 e. The lowest BCUT2D eigenvalue weighted by atomic mass is 10.1. The predicted molar refractivity (Wildman–Crippen MR) is 66.4 cm³/mol. The Hall–Kier alpha value is -1.31. The van der Waals surface area contributed by atoms with E-state index in [0.717, 1.165) is 0 Å². The lowest BCUT2D eigenvalue weighted by Gasteiger charge is -2.02. The minimum atomic E-state index is 0.573. The Kier molecular flexibility index (Phi) is 3.97. The van der Waals surface area contributed by atoms with Crippen LogP contribution < -0.4 is 0 Å². The van der Waals surface area contributed by atoms with Gasteiger partial charge in [0, 0.05) is 6.21 Å². The summed E-state index contributed by atoms with van der Waals surface area (Å²) in [6.45, 7) is 2.66. The first-order chi connectivity index (χ1) is 7.84. The molecule has 0 N–H and O–H groups in total. The quantitative estimate of drug-likeness (QED) is 0.557. The molecule has 2 rings (SSSR count). The Morgan fingerprint density at radius 1 is 1.25 bits per heavy atom. The molecule has 1 aliphatic carbocycles. The van der Waals surface area contributed by atoms with Crippen LogP contribution in [-0.2, 0) is 11.4 Å². The molecule has 0 radical (unpaired) electrons. The van der Waals surface area contributed by atoms with Crippen LogP contribution in [0.5, 0.6) is 0 Å². The van der Waals surface area contributed by atoms with Crippen LogP contribution >= 0.6 is 0 Å². The van der Waals surface area contributed by atoms with Crippen LogP contribution in [0.15, 0.2) is 29.4 Å². The number of aryl methyl sites for hydroxylation is 1. The molecule has 0 spiro atoms. The van der Waals surface area contributed by atoms with E-state index in [9.17, 15) is 0 Å². The Labute approximate surface area is 97.3 Å². The minimum Gasteiger partial charge on any atom is -0.391 e. The van der Waals surface area contributed by atoms with Crippen LogP contribution in [0.2, 0.25) is 0 Å². The van der Waals surface area contributed by atoms with E-state index in [0.29, 0.717) is 12.5 Å². The zero-order chi connectivity index (χ0) is 11.2. The Morgan fingerprint density at radius 3 is 2.62 bits per heavy atom. The third kappa shape index (κ3) is 3.37. The third-order valence-corrected chi connectivity index (χ3v) is 3.10. The number of benzene rings is 1. The van der Waals surface area contributed by atoms with Crippen LogP contribution in [0.3, 0.4) is 0 Å². The van der Waals surface area contributed by atoms with Crippen LogP contribution in [-0.4, -0.2) is 6.21 Å². The average Bonchev–Trinajstić information content (AvgIpc) is 2.80. The van der Waals surface area contributed by atoms with Gasteiger partial charge in [-0.05, 0) is 31.2 Å². The summed E-state index contributed by atoms with van der Waals surface area (Å²) in [7, 11) is 0. The molecule has 0 heterocycles. The highest BCUT2D eigenvalue weighted by Gasteiger charge is 2.12. The highest BCUT2D eigenvalue weighted by Crippen LogP contribution is 2.22. The number of rotatable bonds is 4. The van der Waals surface area contributed by atoms with Gasteiger partial charge < -0.3 is 4.84 Å². The molecule has 86 valence electrons. The largest absolute Gasteiger partial charge is 0.391 e. The van der Waals surface area contributed by atoms with Crippen molar-refractivity contribution in [2.24, 2.45) is 11.1 Å². The molecule has 1 saturated carbocycles. The summed E-state index contributed by atoms with van der Waals surface area (Å²) >= 11 is 0. The van der Waals surface area contributed by atoms with Crippen LogP contribution in [0.1, 0.15) is 36.8 Å². The van der Waals surface area contributed by atoms with Gasteiger partial charge in [0.15, 0.2) is 0 Å². The number of hydrogen-bond donors (Lipinski definition) is 0. The van der Waals surface area contributed by atoms with Gasteiger partial charge in [-0.15, -0.1) is 0 Å². The van der Waals surface area contributed by atoms with Crippen molar-refractivity contribution in [3.63, 3.8) is 0 Å². The van der Waals surface area contributed by atoms with E-state index in [2.05, 4.69) is 36.3 Å². The molecule has 1 aromatic rings. The van der Waals surface area contributed by atoms with Crippen molar-refractivity contribution in [2.75, 3.05) is 0 Å². The van der Waals surface area contributed by atoms with E-state index in [4.69, 9.17) is 4.84 Å². The monoisotopic (exact) mass is 217 g/mol. The second-order valence-corrected chi connectivity index (χ2v) is 4.56. The van der Waals surface area contributed by atoms with Gasteiger partial charge >= 0.3 is 0 Å². The first-order valence-corrected chi connectivity index (χ1v) is 6.05. The molecule has 1 aromatic carbocycles. The number of nitrogens with zero attached hydrogens (tertiary/aromatic N) is 1. The van der Waals surface area contributed by atoms with E-state index in [1.807, 2.05) is 6.21 Å². The molecular formula is C14H19NO. The van der Waals surface area contributed by atoms with Gasteiger partial charge in [-0.3, -0.25) is 0 Å². The van der Waals surface area contributed by atoms with Crippen molar-refractivity contribution < 1.29 is 4.84 Å². The topological polar surface area (TPSA) is 21.6 Å². The van der Waals surface area contributed by atoms with Crippen molar-refractivity contribution in [1.29, 1.82) is 0 Å². The molecule has 0 aliphatic heterocycles. The van der Waals surface area contributed by atoms with Crippen LogP contribution in [0.4, 0.5) is 0 Å². The molecule has 1 aliphatic rings. The molecule has 1 fully saturated rings. The zero-order valence-corrected chi connectivity index (χ0v) is 9.86. The van der Waals surface area contributed by atoms with Gasteiger partial charge in [0.05, 0.1) is 0 Å². The molecule has 0 unspecified atom stereocenters. The average molecular weight is 217 g/mol. The van der Waals surface area contributed by atoms with Crippen LogP contribution in [0, 0.1) is 12.8 Å². The summed E-state index contributed by atoms with van der Waals surface area (Å²) in [5.74, 6) is 0.651. The van der Waals surface area contributed by atoms with Crippen LogP contribution in [0.25, 0.3) is 0 Å². The van der Waals surface area contributed by atoms with E-state index < -0.39 is 0 Å². The summed E-state index contributed by atoms with van der Waals surface area (Å²) < 4.78 is 0. The summed E-state index contributed by atoms with van der Waals surface area (Å²) in [5, 5.41) is 4.05. The van der Waals surface area contributed by atoms with Crippen molar-refractivity contribution in [2.45, 2.75) is 39.2 Å². The van der Waals surface area contributed by atoms with Gasteiger partial charge in [0.2, 0.25) is 0 Å². The van der Waals surface area contributed by atoms with Gasteiger partial charge in [-0.1, -0.05) is 47.8 Å². The maximum atomic E-state index is 5.29. The second kappa shape index (κ2) is 5.69. The van der Waals surface area contributed by atoms with Gasteiger partial charge in [-0.25, -0.2) is 0 Å². The summed E-state index contributed by atoms with van der Waals surface area (Å²) in [6.07, 6.45) is 7.21. The fourth-order valence-corrected chi connectivity index (χ4v) is 2.03. The first kappa shape index (κ1) is 11.2. The zero-order valence-electron chi connectivity index (χ0n) is 9.86. The maximum absolute atomic E-state index is 5.29. The summed E-state index contributed by atoms with van der Waals surface area (Å²) in [5.41, 5.74) is 2.45. The lowest BCUT2D eigenvalue weighted by molar-refractivity contribution is 0.130. The number of oxime groups is 1. The lowest BCUT2D eigenvalue weighted by Crippen LogP contribution is -1.95. The maximum Gasteiger partial charge on any atom is 0.142 e. The van der Waals surface area contributed by atoms with Gasteiger partial charge in [-0.2, -0.15) is 0 Å². The molecule has 0 atom stereocenters. The Morgan fingerprint density at radius 2 is 1.94 bits per heavy atom. The van der Waals surface area contributed by atoms with Crippen molar-refractivity contribution in [3.8, 4) is 0 Å². The number of hydrogen-bond acceptors (Lipinski definition) is 2. The highest BCUT2D eigenvalue weighted by molar-refractivity contribution is 5.60. The molecule has 0 bridgehead atoms. The first-order valence-electron chi connectivity index (χ1n) is 6.05. The fraction of sp³-hybridized carbons (Fsp3) is 0.500. The highest BCUT2D eigenvalue weighted by atomic mass is 16.6. The Balaban J connectivity index is 1.72. The SMILES string of the molecule is Cc1ccc(CON=CC2CCCC2)cc1. The molecule has 2 nitrogen and oxygen atoms in total. The van der Waals surface area contributed by atoms with E-state index in [1.165, 1.54) is 36.8 Å². The molecule has 0 saturated heterocycles. The summed E-state index contributed by atoms with van der Waals surface area (Å²) in [4.78, 5) is 5.29. The standard InChI is InChI=1S/C14H19NO/c1-12-6-8-14(9-7-12)11-16-15-10-13-4-2-3-5-13/h6-10,13H,2-5,11H2,1H3. The van der Waals surface area contributed by atoms with Gasteiger partial charge in [0.1, 0.15) is 6.61 Å². The minimum absolute atomic E-state index is 0.573. The van der Waals surface area contributed by atoms with Gasteiger partial charge in [0.25, 0.3) is 0 Å².